The fraction of sp³-hybridized carbons (Fsp3) is 0.0652. The normalized spacial score (nSPS) is 16.7. The molecule has 0 saturated heterocycles. The Morgan fingerprint density at radius 3 is 1.65 bits per heavy atom. The summed E-state index contributed by atoms with van der Waals surface area (Å²) in [6, 6.07) is 54.0. The number of rotatable bonds is 4. The molecule has 1 aromatic heterocycles. The molecule has 3 heteroatoms. The molecule has 0 radical (unpaired) electrons. The molecule has 3 nitrogen and oxygen atoms in total. The number of fused-ring (bicyclic) bond motifs is 10. The summed E-state index contributed by atoms with van der Waals surface area (Å²) in [6.45, 7) is 0. The first kappa shape index (κ1) is 27.9. The molecule has 7 aromatic rings. The first-order chi connectivity index (χ1) is 24.3. The predicted octanol–water partition coefficient (Wildman–Crippen LogP) is 11.0. The fourth-order valence-electron chi connectivity index (χ4n) is 8.29. The highest BCUT2D eigenvalue weighted by Crippen LogP contribution is 2.64. The number of aromatic nitrogens is 3. The Bertz CT molecular complexity index is 2490. The molecule has 1 unspecified atom stereocenters. The maximum Gasteiger partial charge on any atom is 0.164 e. The Kier molecular flexibility index (Phi) is 6.22. The summed E-state index contributed by atoms with van der Waals surface area (Å²) in [4.78, 5) is 15.4. The topological polar surface area (TPSA) is 38.7 Å². The molecule has 0 fully saturated rings. The molecule has 0 N–H and O–H groups in total. The van der Waals surface area contributed by atoms with E-state index in [1.54, 1.807) is 0 Å². The molecule has 1 atom stereocenters. The number of hydrogen-bond donors (Lipinski definition) is 0. The van der Waals surface area contributed by atoms with Crippen molar-refractivity contribution < 1.29 is 0 Å². The van der Waals surface area contributed by atoms with Crippen molar-refractivity contribution in [3.05, 3.63) is 192 Å². The Morgan fingerprint density at radius 2 is 0.898 bits per heavy atom. The molecule has 230 valence electrons. The molecule has 49 heavy (non-hydrogen) atoms. The average molecular weight is 626 g/mol. The number of allylic oxidation sites excluding steroid dienone is 4. The van der Waals surface area contributed by atoms with E-state index in [-0.39, 0.29) is 5.41 Å². The zero-order valence-electron chi connectivity index (χ0n) is 26.8. The van der Waals surface area contributed by atoms with Gasteiger partial charge in [0.25, 0.3) is 0 Å². The van der Waals surface area contributed by atoms with Crippen LogP contribution in [0.4, 0.5) is 0 Å². The fourth-order valence-corrected chi connectivity index (χ4v) is 8.29. The van der Waals surface area contributed by atoms with E-state index in [1.807, 2.05) is 24.3 Å². The Morgan fingerprint density at radius 1 is 0.367 bits per heavy atom. The van der Waals surface area contributed by atoms with Gasteiger partial charge in [0.15, 0.2) is 17.5 Å². The van der Waals surface area contributed by atoms with Crippen molar-refractivity contribution in [2.75, 3.05) is 0 Å². The number of nitrogens with zero attached hydrogens (tertiary/aromatic N) is 3. The van der Waals surface area contributed by atoms with Crippen molar-refractivity contribution >= 4 is 5.57 Å². The van der Waals surface area contributed by atoms with E-state index in [1.165, 1.54) is 44.5 Å². The number of hydrogen-bond acceptors (Lipinski definition) is 3. The third-order valence-electron chi connectivity index (χ3n) is 10.4. The van der Waals surface area contributed by atoms with Gasteiger partial charge in [-0.15, -0.1) is 0 Å². The van der Waals surface area contributed by atoms with Gasteiger partial charge in [0.2, 0.25) is 0 Å². The predicted molar refractivity (Wildman–Crippen MR) is 199 cm³/mol. The summed E-state index contributed by atoms with van der Waals surface area (Å²) in [7, 11) is 0. The molecule has 0 saturated carbocycles. The smallest absolute Gasteiger partial charge is 0.164 e. The van der Waals surface area contributed by atoms with Crippen molar-refractivity contribution in [1.29, 1.82) is 0 Å². The third kappa shape index (κ3) is 4.19. The van der Waals surface area contributed by atoms with E-state index in [2.05, 4.69) is 140 Å². The van der Waals surface area contributed by atoms with E-state index in [0.717, 1.165) is 40.7 Å². The van der Waals surface area contributed by atoms with Gasteiger partial charge < -0.3 is 0 Å². The van der Waals surface area contributed by atoms with Crippen molar-refractivity contribution in [2.24, 2.45) is 0 Å². The maximum atomic E-state index is 5.20. The number of benzene rings is 6. The summed E-state index contributed by atoms with van der Waals surface area (Å²) in [5.74, 6) is 1.99. The van der Waals surface area contributed by atoms with Crippen molar-refractivity contribution in [2.45, 2.75) is 18.3 Å². The van der Waals surface area contributed by atoms with Gasteiger partial charge in [0.05, 0.1) is 5.41 Å². The largest absolute Gasteiger partial charge is 0.208 e. The lowest BCUT2D eigenvalue weighted by Gasteiger charge is -2.32. The zero-order chi connectivity index (χ0) is 32.4. The molecule has 0 aliphatic heterocycles. The van der Waals surface area contributed by atoms with Crippen LogP contribution in [0.25, 0.3) is 62.0 Å². The summed E-state index contributed by atoms with van der Waals surface area (Å²) in [6.07, 6.45) is 7.05. The second-order valence-electron chi connectivity index (χ2n) is 13.0. The first-order valence-electron chi connectivity index (χ1n) is 17.0. The lowest BCUT2D eigenvalue weighted by Crippen LogP contribution is -2.26. The van der Waals surface area contributed by atoms with Crippen LogP contribution in [0.5, 0.6) is 0 Å². The highest BCUT2D eigenvalue weighted by atomic mass is 15.0. The summed E-state index contributed by atoms with van der Waals surface area (Å²) >= 11 is 0. The van der Waals surface area contributed by atoms with Gasteiger partial charge in [-0.25, -0.2) is 15.0 Å². The Hall–Kier alpha value is -6.19. The zero-order valence-corrected chi connectivity index (χ0v) is 26.8. The SMILES string of the molecule is C1=C2C(=CCC1)C1(c3ccccc32)c2ccccc2-c2ccc(-c3nc(-c4ccccc4)nc(-c4cccc(-c5ccccc5)c4)n3)cc21. The van der Waals surface area contributed by atoms with E-state index in [9.17, 15) is 0 Å². The van der Waals surface area contributed by atoms with E-state index < -0.39 is 0 Å². The maximum absolute atomic E-state index is 5.20. The van der Waals surface area contributed by atoms with Crippen LogP contribution in [0, 0.1) is 0 Å². The van der Waals surface area contributed by atoms with E-state index in [0.29, 0.717) is 17.5 Å². The minimum Gasteiger partial charge on any atom is -0.208 e. The highest BCUT2D eigenvalue weighted by Gasteiger charge is 2.53. The first-order valence-corrected chi connectivity index (χ1v) is 17.0. The van der Waals surface area contributed by atoms with Gasteiger partial charge in [-0.2, -0.15) is 0 Å². The van der Waals surface area contributed by atoms with Gasteiger partial charge in [0, 0.05) is 16.7 Å². The van der Waals surface area contributed by atoms with Gasteiger partial charge in [-0.3, -0.25) is 0 Å². The van der Waals surface area contributed by atoms with Crippen molar-refractivity contribution in [1.82, 2.24) is 15.0 Å². The molecule has 0 amide bonds. The summed E-state index contributed by atoms with van der Waals surface area (Å²) in [5.41, 5.74) is 15.5. The van der Waals surface area contributed by atoms with Crippen LogP contribution in [0.2, 0.25) is 0 Å². The molecule has 1 heterocycles. The molecule has 3 aliphatic carbocycles. The van der Waals surface area contributed by atoms with Crippen LogP contribution in [0.3, 0.4) is 0 Å². The standard InChI is InChI=1S/C46H31N3/c1-3-14-30(15-4-1)32-18-13-19-33(28-32)44-47-43(31-16-5-2-6-17-31)48-45(49-44)34-26-27-38-37-22-9-12-25-41(37)46(42(38)29-34)39-23-10-7-20-35(39)36-21-8-11-24-40(36)46/h1-7,9-10,12-29H,8,11H2. The molecule has 0 bridgehead atoms. The van der Waals surface area contributed by atoms with Crippen LogP contribution in [0.1, 0.15) is 35.1 Å². The van der Waals surface area contributed by atoms with Gasteiger partial charge >= 0.3 is 0 Å². The molecular weight excluding hydrogens is 595 g/mol. The lowest BCUT2D eigenvalue weighted by atomic mass is 9.69. The van der Waals surface area contributed by atoms with Crippen LogP contribution in [-0.2, 0) is 5.41 Å². The Balaban J connectivity index is 1.20. The van der Waals surface area contributed by atoms with Gasteiger partial charge in [-0.05, 0) is 80.6 Å². The molecule has 10 rings (SSSR count). The lowest BCUT2D eigenvalue weighted by molar-refractivity contribution is 0.782. The van der Waals surface area contributed by atoms with Crippen LogP contribution < -0.4 is 0 Å². The van der Waals surface area contributed by atoms with Crippen LogP contribution >= 0.6 is 0 Å². The second-order valence-corrected chi connectivity index (χ2v) is 13.0. The molecule has 1 spiro atoms. The molecular formula is C46H31N3. The average Bonchev–Trinajstić information content (AvgIpc) is 3.66. The van der Waals surface area contributed by atoms with Crippen molar-refractivity contribution in [3.8, 4) is 56.4 Å². The van der Waals surface area contributed by atoms with Crippen LogP contribution in [0.15, 0.2) is 169 Å². The van der Waals surface area contributed by atoms with Gasteiger partial charge in [0.1, 0.15) is 0 Å². The summed E-state index contributed by atoms with van der Waals surface area (Å²) < 4.78 is 0. The molecule has 3 aliphatic rings. The van der Waals surface area contributed by atoms with E-state index >= 15 is 0 Å². The molecule has 6 aromatic carbocycles. The quantitative estimate of drug-likeness (QED) is 0.195. The highest BCUT2D eigenvalue weighted by molar-refractivity contribution is 6.00. The monoisotopic (exact) mass is 625 g/mol. The second kappa shape index (κ2) is 10.9. The van der Waals surface area contributed by atoms with Crippen molar-refractivity contribution in [3.63, 3.8) is 0 Å². The van der Waals surface area contributed by atoms with Crippen LogP contribution in [-0.4, -0.2) is 15.0 Å². The van der Waals surface area contributed by atoms with Gasteiger partial charge in [-0.1, -0.05) is 152 Å². The minimum atomic E-state index is -0.382. The Labute approximate surface area is 286 Å². The third-order valence-corrected chi connectivity index (χ3v) is 10.4. The van der Waals surface area contributed by atoms with E-state index in [4.69, 9.17) is 15.0 Å². The minimum absolute atomic E-state index is 0.382. The summed E-state index contributed by atoms with van der Waals surface area (Å²) in [5, 5.41) is 0.